The normalized spacial score (nSPS) is 17.6. The fraction of sp³-hybridized carbons (Fsp3) is 0.385. The number of rotatable bonds is 2. The zero-order chi connectivity index (χ0) is 16.9. The molecule has 3 aromatic rings. The van der Waals surface area contributed by atoms with E-state index in [1.807, 2.05) is 0 Å². The molecular weight excluding hydrogens is 325 g/mol. The number of nitrogens with zero attached hydrogens (tertiary/aromatic N) is 6. The molecule has 1 aliphatic heterocycles. The van der Waals surface area contributed by atoms with Crippen molar-refractivity contribution in [3.8, 4) is 0 Å². The molecule has 8 nitrogen and oxygen atoms in total. The zero-order valence-electron chi connectivity index (χ0n) is 12.5. The van der Waals surface area contributed by atoms with E-state index in [1.54, 1.807) is 10.9 Å². The van der Waals surface area contributed by atoms with Gasteiger partial charge in [0.05, 0.1) is 6.20 Å². The second kappa shape index (κ2) is 5.08. The van der Waals surface area contributed by atoms with Crippen LogP contribution in [-0.2, 0) is 12.7 Å². The molecule has 126 valence electrons. The van der Waals surface area contributed by atoms with Crippen molar-refractivity contribution in [3.63, 3.8) is 0 Å². The van der Waals surface area contributed by atoms with E-state index < -0.39 is 11.9 Å². The van der Waals surface area contributed by atoms with Crippen molar-refractivity contribution in [3.05, 3.63) is 24.3 Å². The summed E-state index contributed by atoms with van der Waals surface area (Å²) in [6.07, 6.45) is -1.85. The van der Waals surface area contributed by atoms with Crippen molar-refractivity contribution in [1.29, 1.82) is 0 Å². The lowest BCUT2D eigenvalue weighted by atomic mass is 10.1. The minimum atomic E-state index is -4.57. The van der Waals surface area contributed by atoms with Gasteiger partial charge in [0.25, 0.3) is 5.78 Å². The first-order valence-electron chi connectivity index (χ1n) is 7.26. The Morgan fingerprint density at radius 3 is 2.96 bits per heavy atom. The number of hydrogen-bond acceptors (Lipinski definition) is 6. The van der Waals surface area contributed by atoms with Gasteiger partial charge in [-0.15, -0.1) is 0 Å². The van der Waals surface area contributed by atoms with Crippen molar-refractivity contribution >= 4 is 23.1 Å². The number of aromatic nitrogens is 6. The van der Waals surface area contributed by atoms with Gasteiger partial charge in [-0.2, -0.15) is 32.9 Å². The monoisotopic (exact) mass is 338 g/mol. The van der Waals surface area contributed by atoms with E-state index in [2.05, 4.69) is 37.7 Å². The van der Waals surface area contributed by atoms with Crippen LogP contribution in [0.5, 0.6) is 0 Å². The van der Waals surface area contributed by atoms with Crippen LogP contribution in [0.1, 0.15) is 12.6 Å². The molecule has 2 N–H and O–H groups in total. The van der Waals surface area contributed by atoms with Gasteiger partial charge < -0.3 is 10.6 Å². The minimum Gasteiger partial charge on any atom is -0.368 e. The van der Waals surface area contributed by atoms with Gasteiger partial charge in [-0.1, -0.05) is 6.92 Å². The predicted molar refractivity (Wildman–Crippen MR) is 78.9 cm³/mol. The molecule has 1 unspecified atom stereocenters. The Morgan fingerprint density at radius 2 is 2.17 bits per heavy atom. The summed E-state index contributed by atoms with van der Waals surface area (Å²) < 4.78 is 42.1. The van der Waals surface area contributed by atoms with Gasteiger partial charge in [0.15, 0.2) is 5.69 Å². The van der Waals surface area contributed by atoms with E-state index in [0.29, 0.717) is 11.6 Å². The standard InChI is InChI=1S/C13H13F3N8/c1-7-3-17-11-8(4-19-23(11)5-7)21-10-2-9(13(14,15)16)22-12-18-6-20-24(10)12/h2,4,6-7,17,21H,3,5H2,1H3. The molecular formula is C13H13F3N8. The van der Waals surface area contributed by atoms with Gasteiger partial charge in [-0.3, -0.25) is 0 Å². The molecule has 0 bridgehead atoms. The molecule has 1 atom stereocenters. The van der Waals surface area contributed by atoms with Crippen LogP contribution in [0.25, 0.3) is 5.78 Å². The van der Waals surface area contributed by atoms with Gasteiger partial charge >= 0.3 is 6.18 Å². The molecule has 0 spiro atoms. The molecule has 0 fully saturated rings. The Morgan fingerprint density at radius 1 is 1.33 bits per heavy atom. The highest BCUT2D eigenvalue weighted by Gasteiger charge is 2.34. The van der Waals surface area contributed by atoms with Crippen molar-refractivity contribution in [2.45, 2.75) is 19.6 Å². The van der Waals surface area contributed by atoms with Crippen molar-refractivity contribution in [1.82, 2.24) is 29.4 Å². The number of hydrogen-bond donors (Lipinski definition) is 2. The van der Waals surface area contributed by atoms with Crippen LogP contribution in [-0.4, -0.2) is 35.9 Å². The average Bonchev–Trinajstić information content (AvgIpc) is 3.13. The molecule has 4 rings (SSSR count). The molecule has 0 aromatic carbocycles. The highest BCUT2D eigenvalue weighted by Crippen LogP contribution is 2.32. The molecule has 4 heterocycles. The average molecular weight is 338 g/mol. The van der Waals surface area contributed by atoms with Crippen LogP contribution in [0.3, 0.4) is 0 Å². The quantitative estimate of drug-likeness (QED) is 0.745. The van der Waals surface area contributed by atoms with Crippen LogP contribution >= 0.6 is 0 Å². The number of nitrogens with one attached hydrogen (secondary N) is 2. The predicted octanol–water partition coefficient (Wildman–Crippen LogP) is 2.14. The summed E-state index contributed by atoms with van der Waals surface area (Å²) in [5.74, 6) is 1.13. The van der Waals surface area contributed by atoms with Gasteiger partial charge in [-0.25, -0.2) is 9.67 Å². The van der Waals surface area contributed by atoms with E-state index in [0.717, 1.165) is 31.3 Å². The molecule has 0 amide bonds. The van der Waals surface area contributed by atoms with Crippen molar-refractivity contribution in [2.24, 2.45) is 5.92 Å². The molecule has 24 heavy (non-hydrogen) atoms. The van der Waals surface area contributed by atoms with E-state index in [-0.39, 0.29) is 11.6 Å². The fourth-order valence-electron chi connectivity index (χ4n) is 2.62. The van der Waals surface area contributed by atoms with Crippen LogP contribution < -0.4 is 10.6 Å². The Kier molecular flexibility index (Phi) is 3.11. The lowest BCUT2D eigenvalue weighted by molar-refractivity contribution is -0.141. The third kappa shape index (κ3) is 2.41. The summed E-state index contributed by atoms with van der Waals surface area (Å²) in [4.78, 5) is 7.23. The maximum Gasteiger partial charge on any atom is 0.433 e. The maximum atomic E-state index is 13.0. The first kappa shape index (κ1) is 14.7. The summed E-state index contributed by atoms with van der Waals surface area (Å²) in [7, 11) is 0. The third-order valence-corrected chi connectivity index (χ3v) is 3.75. The molecule has 1 aliphatic rings. The van der Waals surface area contributed by atoms with E-state index in [4.69, 9.17) is 0 Å². The SMILES string of the molecule is CC1CNc2c(Nc3cc(C(F)(F)F)nc4ncnn34)cnn2C1. The van der Waals surface area contributed by atoms with Crippen LogP contribution in [0.4, 0.5) is 30.5 Å². The number of anilines is 3. The topological polar surface area (TPSA) is 85.0 Å². The Hall–Kier alpha value is -2.85. The summed E-state index contributed by atoms with van der Waals surface area (Å²) in [5.41, 5.74) is -0.467. The lowest BCUT2D eigenvalue weighted by Crippen LogP contribution is -2.26. The molecule has 0 aliphatic carbocycles. The van der Waals surface area contributed by atoms with Crippen LogP contribution in [0.15, 0.2) is 18.6 Å². The van der Waals surface area contributed by atoms with Crippen molar-refractivity contribution < 1.29 is 13.2 Å². The van der Waals surface area contributed by atoms with Crippen LogP contribution in [0.2, 0.25) is 0 Å². The zero-order valence-corrected chi connectivity index (χ0v) is 12.5. The highest BCUT2D eigenvalue weighted by molar-refractivity contribution is 5.71. The molecule has 0 radical (unpaired) electrons. The minimum absolute atomic E-state index is 0.112. The number of alkyl halides is 3. The molecule has 3 aromatic heterocycles. The Labute approximate surface area is 133 Å². The number of halogens is 3. The van der Waals surface area contributed by atoms with Crippen LogP contribution in [0, 0.1) is 5.92 Å². The maximum absolute atomic E-state index is 13.0. The summed E-state index contributed by atoms with van der Waals surface area (Å²) >= 11 is 0. The van der Waals surface area contributed by atoms with E-state index >= 15 is 0 Å². The van der Waals surface area contributed by atoms with Gasteiger partial charge in [0.1, 0.15) is 23.7 Å². The third-order valence-electron chi connectivity index (χ3n) is 3.75. The molecule has 0 saturated carbocycles. The second-order valence-electron chi connectivity index (χ2n) is 5.70. The highest BCUT2D eigenvalue weighted by atomic mass is 19.4. The fourth-order valence-corrected chi connectivity index (χ4v) is 2.62. The summed E-state index contributed by atoms with van der Waals surface area (Å²) in [5, 5.41) is 14.3. The largest absolute Gasteiger partial charge is 0.433 e. The first-order chi connectivity index (χ1) is 11.4. The second-order valence-corrected chi connectivity index (χ2v) is 5.70. The van der Waals surface area contributed by atoms with Gasteiger partial charge in [0, 0.05) is 19.2 Å². The Bertz CT molecular complexity index is 896. The molecule has 0 saturated heterocycles. The van der Waals surface area contributed by atoms with E-state index in [1.165, 1.54) is 4.52 Å². The summed E-state index contributed by atoms with van der Waals surface area (Å²) in [6.45, 7) is 3.60. The smallest absolute Gasteiger partial charge is 0.368 e. The molecule has 11 heteroatoms. The van der Waals surface area contributed by atoms with Gasteiger partial charge in [0.2, 0.25) is 0 Å². The van der Waals surface area contributed by atoms with Gasteiger partial charge in [-0.05, 0) is 5.92 Å². The Balaban J connectivity index is 1.76. The first-order valence-corrected chi connectivity index (χ1v) is 7.26. The van der Waals surface area contributed by atoms with E-state index in [9.17, 15) is 13.2 Å². The van der Waals surface area contributed by atoms with Crippen molar-refractivity contribution in [2.75, 3.05) is 17.2 Å². The summed E-state index contributed by atoms with van der Waals surface area (Å²) in [6, 6.07) is 0.900. The number of fused-ring (bicyclic) bond motifs is 2. The lowest BCUT2D eigenvalue weighted by Gasteiger charge is -2.22.